The maximum absolute atomic E-state index is 12.4. The highest BCUT2D eigenvalue weighted by atomic mass is 16.5. The Balaban J connectivity index is 1.58. The minimum Gasteiger partial charge on any atom is -0.495 e. The Morgan fingerprint density at radius 1 is 1.17 bits per heavy atom. The molecule has 0 radical (unpaired) electrons. The molecule has 0 spiro atoms. The van der Waals surface area contributed by atoms with E-state index in [1.807, 2.05) is 6.07 Å². The van der Waals surface area contributed by atoms with Crippen LogP contribution in [0.4, 0.5) is 5.69 Å². The Kier molecular flexibility index (Phi) is 4.83. The van der Waals surface area contributed by atoms with Crippen LogP contribution in [0.25, 0.3) is 0 Å². The minimum atomic E-state index is -0.241. The van der Waals surface area contributed by atoms with Crippen LogP contribution in [0.3, 0.4) is 0 Å². The van der Waals surface area contributed by atoms with Gasteiger partial charge < -0.3 is 10.1 Å². The van der Waals surface area contributed by atoms with E-state index in [4.69, 9.17) is 4.74 Å². The first-order valence-electron chi connectivity index (χ1n) is 8.40. The van der Waals surface area contributed by atoms with E-state index in [9.17, 15) is 14.4 Å². The van der Waals surface area contributed by atoms with Crippen LogP contribution in [0.1, 0.15) is 32.1 Å². The maximum Gasteiger partial charge on any atom is 0.233 e. The lowest BCUT2D eigenvalue weighted by atomic mass is 9.81. The molecule has 6 heteroatoms. The SMILES string of the molecule is COc1ccccc1NC(=O)CCN1C(=O)C2CCCCC2C1=O. The number of para-hydroxylation sites is 2. The van der Waals surface area contributed by atoms with Gasteiger partial charge >= 0.3 is 0 Å². The van der Waals surface area contributed by atoms with Gasteiger partial charge in [0.05, 0.1) is 24.6 Å². The average molecular weight is 330 g/mol. The number of likely N-dealkylation sites (tertiary alicyclic amines) is 1. The van der Waals surface area contributed by atoms with Gasteiger partial charge in [-0.25, -0.2) is 0 Å². The molecule has 1 aliphatic heterocycles. The summed E-state index contributed by atoms with van der Waals surface area (Å²) in [6, 6.07) is 7.12. The zero-order valence-electron chi connectivity index (χ0n) is 13.8. The molecule has 3 amide bonds. The smallest absolute Gasteiger partial charge is 0.233 e. The fraction of sp³-hybridized carbons (Fsp3) is 0.500. The van der Waals surface area contributed by atoms with E-state index >= 15 is 0 Å². The molecule has 1 saturated heterocycles. The molecule has 2 fully saturated rings. The topological polar surface area (TPSA) is 75.7 Å². The van der Waals surface area contributed by atoms with Crippen molar-refractivity contribution >= 4 is 23.4 Å². The molecule has 1 aromatic rings. The van der Waals surface area contributed by atoms with Crippen molar-refractivity contribution in [3.8, 4) is 5.75 Å². The molecule has 1 aromatic carbocycles. The van der Waals surface area contributed by atoms with Crippen molar-refractivity contribution in [2.24, 2.45) is 11.8 Å². The third-order valence-corrected chi connectivity index (χ3v) is 4.88. The second-order valence-electron chi connectivity index (χ2n) is 6.32. The normalized spacial score (nSPS) is 23.1. The molecule has 2 atom stereocenters. The number of hydrogen-bond donors (Lipinski definition) is 1. The number of amides is 3. The van der Waals surface area contributed by atoms with Gasteiger partial charge in [-0.05, 0) is 25.0 Å². The molecule has 0 aromatic heterocycles. The summed E-state index contributed by atoms with van der Waals surface area (Å²) in [5.41, 5.74) is 0.581. The first-order chi connectivity index (χ1) is 11.6. The lowest BCUT2D eigenvalue weighted by Gasteiger charge is -2.19. The minimum absolute atomic E-state index is 0.0922. The Morgan fingerprint density at radius 2 is 1.79 bits per heavy atom. The number of imide groups is 1. The molecular formula is C18H22N2O4. The quantitative estimate of drug-likeness (QED) is 0.840. The van der Waals surface area contributed by atoms with Crippen LogP contribution in [-0.2, 0) is 14.4 Å². The van der Waals surface area contributed by atoms with Crippen molar-refractivity contribution in [1.82, 2.24) is 4.90 Å². The predicted molar refractivity (Wildman–Crippen MR) is 88.4 cm³/mol. The number of benzene rings is 1. The van der Waals surface area contributed by atoms with Crippen molar-refractivity contribution in [2.45, 2.75) is 32.1 Å². The standard InChI is InChI=1S/C18H22N2O4/c1-24-15-9-5-4-8-14(15)19-16(21)10-11-20-17(22)12-6-2-3-7-13(12)18(20)23/h4-5,8-9,12-13H,2-3,6-7,10-11H2,1H3,(H,19,21). The number of nitrogens with one attached hydrogen (secondary N) is 1. The van der Waals surface area contributed by atoms with Gasteiger partial charge in [0.1, 0.15) is 5.75 Å². The molecule has 24 heavy (non-hydrogen) atoms. The Labute approximate surface area is 141 Å². The van der Waals surface area contributed by atoms with Crippen molar-refractivity contribution in [2.75, 3.05) is 19.0 Å². The number of fused-ring (bicyclic) bond motifs is 1. The molecule has 0 bridgehead atoms. The van der Waals surface area contributed by atoms with Gasteiger partial charge in [0, 0.05) is 13.0 Å². The summed E-state index contributed by atoms with van der Waals surface area (Å²) in [7, 11) is 1.54. The molecule has 6 nitrogen and oxygen atoms in total. The Hall–Kier alpha value is -2.37. The number of hydrogen-bond acceptors (Lipinski definition) is 4. The second kappa shape index (κ2) is 7.03. The van der Waals surface area contributed by atoms with E-state index in [0.717, 1.165) is 25.7 Å². The molecule has 1 heterocycles. The van der Waals surface area contributed by atoms with Gasteiger partial charge in [0.2, 0.25) is 17.7 Å². The average Bonchev–Trinajstić information content (AvgIpc) is 2.85. The number of methoxy groups -OCH3 is 1. The van der Waals surface area contributed by atoms with E-state index in [1.165, 1.54) is 12.0 Å². The first-order valence-corrected chi connectivity index (χ1v) is 8.40. The van der Waals surface area contributed by atoms with E-state index < -0.39 is 0 Å². The molecule has 128 valence electrons. The van der Waals surface area contributed by atoms with E-state index in [0.29, 0.717) is 11.4 Å². The molecule has 1 N–H and O–H groups in total. The number of ether oxygens (including phenoxy) is 1. The lowest BCUT2D eigenvalue weighted by molar-refractivity contribution is -0.140. The fourth-order valence-corrected chi connectivity index (χ4v) is 3.63. The summed E-state index contributed by atoms with van der Waals surface area (Å²) in [5.74, 6) is -0.197. The zero-order chi connectivity index (χ0) is 17.1. The van der Waals surface area contributed by atoms with Crippen molar-refractivity contribution in [3.63, 3.8) is 0 Å². The molecule has 2 unspecified atom stereocenters. The lowest BCUT2D eigenvalue weighted by Crippen LogP contribution is -2.34. The van der Waals surface area contributed by atoms with Crippen molar-refractivity contribution in [1.29, 1.82) is 0 Å². The number of nitrogens with zero attached hydrogens (tertiary/aromatic N) is 1. The largest absolute Gasteiger partial charge is 0.495 e. The zero-order valence-corrected chi connectivity index (χ0v) is 13.8. The summed E-state index contributed by atoms with van der Waals surface area (Å²) in [6.45, 7) is 0.144. The van der Waals surface area contributed by atoms with Crippen LogP contribution < -0.4 is 10.1 Å². The van der Waals surface area contributed by atoms with Gasteiger partial charge in [0.15, 0.2) is 0 Å². The molecule has 3 rings (SSSR count). The highest BCUT2D eigenvalue weighted by molar-refractivity contribution is 6.05. The number of anilines is 1. The third-order valence-electron chi connectivity index (χ3n) is 4.88. The fourth-order valence-electron chi connectivity index (χ4n) is 3.63. The van der Waals surface area contributed by atoms with Gasteiger partial charge in [0.25, 0.3) is 0 Å². The highest BCUT2D eigenvalue weighted by Crippen LogP contribution is 2.38. The monoisotopic (exact) mass is 330 g/mol. The number of carbonyl (C=O) groups excluding carboxylic acids is 3. The summed E-state index contributed by atoms with van der Waals surface area (Å²) in [4.78, 5) is 38.2. The maximum atomic E-state index is 12.4. The van der Waals surface area contributed by atoms with Gasteiger partial charge in [-0.2, -0.15) is 0 Å². The first kappa shape index (κ1) is 16.5. The summed E-state index contributed by atoms with van der Waals surface area (Å²) < 4.78 is 5.19. The van der Waals surface area contributed by atoms with Crippen LogP contribution in [0.15, 0.2) is 24.3 Å². The molecule has 1 saturated carbocycles. The molecule has 1 aliphatic carbocycles. The second-order valence-corrected chi connectivity index (χ2v) is 6.32. The van der Waals surface area contributed by atoms with Crippen LogP contribution >= 0.6 is 0 Å². The number of rotatable bonds is 5. The summed E-state index contributed by atoms with van der Waals surface area (Å²) in [6.07, 6.45) is 3.68. The van der Waals surface area contributed by atoms with Crippen LogP contribution in [0.2, 0.25) is 0 Å². The molecule has 2 aliphatic rings. The summed E-state index contributed by atoms with van der Waals surface area (Å²) in [5, 5.41) is 2.76. The molecular weight excluding hydrogens is 308 g/mol. The van der Waals surface area contributed by atoms with Gasteiger partial charge in [-0.1, -0.05) is 25.0 Å². The Morgan fingerprint density at radius 3 is 2.42 bits per heavy atom. The van der Waals surface area contributed by atoms with E-state index in [-0.39, 0.29) is 42.5 Å². The van der Waals surface area contributed by atoms with Crippen molar-refractivity contribution < 1.29 is 19.1 Å². The van der Waals surface area contributed by atoms with Crippen molar-refractivity contribution in [3.05, 3.63) is 24.3 Å². The Bertz CT molecular complexity index is 634. The van der Waals surface area contributed by atoms with Gasteiger partial charge in [-0.3, -0.25) is 19.3 Å². The van der Waals surface area contributed by atoms with E-state index in [1.54, 1.807) is 18.2 Å². The predicted octanol–water partition coefficient (Wildman–Crippen LogP) is 2.20. The number of carbonyl (C=O) groups is 3. The van der Waals surface area contributed by atoms with Gasteiger partial charge in [-0.15, -0.1) is 0 Å². The van der Waals surface area contributed by atoms with Crippen LogP contribution in [-0.4, -0.2) is 36.3 Å². The summed E-state index contributed by atoms with van der Waals surface area (Å²) >= 11 is 0. The van der Waals surface area contributed by atoms with E-state index in [2.05, 4.69) is 5.32 Å². The highest BCUT2D eigenvalue weighted by Gasteiger charge is 2.47. The van der Waals surface area contributed by atoms with Crippen LogP contribution in [0.5, 0.6) is 5.75 Å². The third kappa shape index (κ3) is 3.13. The van der Waals surface area contributed by atoms with Crippen LogP contribution in [0, 0.1) is 11.8 Å².